The molecule has 0 radical (unpaired) electrons. The number of hydrogen-bond donors (Lipinski definition) is 3. The Morgan fingerprint density at radius 3 is 2.42 bits per heavy atom. The zero-order valence-electron chi connectivity index (χ0n) is 14.9. The second-order valence-corrected chi connectivity index (χ2v) is 6.14. The molecule has 0 atom stereocenters. The first kappa shape index (κ1) is 17.4. The van der Waals surface area contributed by atoms with E-state index in [1.807, 2.05) is 32.9 Å². The molecule has 0 saturated heterocycles. The first-order valence-corrected chi connectivity index (χ1v) is 8.21. The first-order chi connectivity index (χ1) is 12.4. The molecule has 6 heteroatoms. The van der Waals surface area contributed by atoms with Crippen LogP contribution in [0.4, 0.5) is 23.1 Å². The average Bonchev–Trinajstić information content (AvgIpc) is 2.57. The first-order valence-electron chi connectivity index (χ1n) is 8.21. The van der Waals surface area contributed by atoms with Crippen LogP contribution in [-0.4, -0.2) is 21.0 Å². The lowest BCUT2D eigenvalue weighted by molar-refractivity contribution is 0.0698. The van der Waals surface area contributed by atoms with Crippen molar-refractivity contribution in [1.29, 1.82) is 0 Å². The van der Waals surface area contributed by atoms with Crippen LogP contribution in [0.25, 0.3) is 0 Å². The van der Waals surface area contributed by atoms with Gasteiger partial charge in [0.05, 0.1) is 11.3 Å². The fourth-order valence-electron chi connectivity index (χ4n) is 2.68. The van der Waals surface area contributed by atoms with E-state index in [-0.39, 0.29) is 5.56 Å². The van der Waals surface area contributed by atoms with Gasteiger partial charge in [0, 0.05) is 17.4 Å². The number of nitrogens with one attached hydrogen (secondary N) is 2. The SMILES string of the molecule is Cc1ccc(Nc2nc(C)cc(Nc3ccccc3C(=O)O)n2)c(C)c1. The number of para-hydroxylation sites is 1. The molecule has 0 bridgehead atoms. The Bertz CT molecular complexity index is 970. The average molecular weight is 348 g/mol. The fourth-order valence-corrected chi connectivity index (χ4v) is 2.68. The van der Waals surface area contributed by atoms with Gasteiger partial charge in [-0.1, -0.05) is 29.8 Å². The smallest absolute Gasteiger partial charge is 0.337 e. The van der Waals surface area contributed by atoms with E-state index in [0.29, 0.717) is 17.5 Å². The third kappa shape index (κ3) is 3.97. The van der Waals surface area contributed by atoms with E-state index in [1.165, 1.54) is 5.56 Å². The van der Waals surface area contributed by atoms with Gasteiger partial charge >= 0.3 is 5.97 Å². The normalized spacial score (nSPS) is 10.4. The van der Waals surface area contributed by atoms with E-state index < -0.39 is 5.97 Å². The van der Waals surface area contributed by atoms with Crippen molar-refractivity contribution in [3.05, 3.63) is 70.9 Å². The molecule has 1 heterocycles. The number of benzene rings is 2. The summed E-state index contributed by atoms with van der Waals surface area (Å²) >= 11 is 0. The maximum absolute atomic E-state index is 11.4. The summed E-state index contributed by atoms with van der Waals surface area (Å²) in [6.07, 6.45) is 0. The van der Waals surface area contributed by atoms with E-state index in [4.69, 9.17) is 0 Å². The molecule has 0 amide bonds. The standard InChI is InChI=1S/C20H20N4O2/c1-12-8-9-16(13(2)10-12)23-20-21-14(3)11-18(24-20)22-17-7-5-4-6-15(17)19(25)26/h4-11H,1-3H3,(H,25,26)(H2,21,22,23,24). The third-order valence-corrected chi connectivity index (χ3v) is 3.90. The summed E-state index contributed by atoms with van der Waals surface area (Å²) in [5.41, 5.74) is 4.65. The quantitative estimate of drug-likeness (QED) is 0.625. The second-order valence-electron chi connectivity index (χ2n) is 6.14. The predicted octanol–water partition coefficient (Wildman–Crippen LogP) is 4.59. The second kappa shape index (κ2) is 7.23. The minimum Gasteiger partial charge on any atom is -0.478 e. The highest BCUT2D eigenvalue weighted by atomic mass is 16.4. The van der Waals surface area contributed by atoms with Gasteiger partial charge in [0.2, 0.25) is 5.95 Å². The molecular formula is C20H20N4O2. The van der Waals surface area contributed by atoms with Crippen molar-refractivity contribution in [1.82, 2.24) is 9.97 Å². The van der Waals surface area contributed by atoms with Gasteiger partial charge in [0.1, 0.15) is 5.82 Å². The van der Waals surface area contributed by atoms with Crippen LogP contribution in [-0.2, 0) is 0 Å². The number of hydrogen-bond acceptors (Lipinski definition) is 5. The molecule has 3 aromatic rings. The van der Waals surface area contributed by atoms with Gasteiger partial charge in [0.25, 0.3) is 0 Å². The number of carboxylic acid groups (broad SMARTS) is 1. The van der Waals surface area contributed by atoms with Crippen molar-refractivity contribution in [2.75, 3.05) is 10.6 Å². The number of anilines is 4. The third-order valence-electron chi connectivity index (χ3n) is 3.90. The number of nitrogens with zero attached hydrogens (tertiary/aromatic N) is 2. The molecule has 26 heavy (non-hydrogen) atoms. The zero-order chi connectivity index (χ0) is 18.7. The van der Waals surface area contributed by atoms with Gasteiger partial charge in [-0.2, -0.15) is 4.98 Å². The molecule has 132 valence electrons. The van der Waals surface area contributed by atoms with Crippen LogP contribution < -0.4 is 10.6 Å². The number of aryl methyl sites for hydroxylation is 3. The van der Waals surface area contributed by atoms with E-state index in [1.54, 1.807) is 30.3 Å². The van der Waals surface area contributed by atoms with Crippen molar-refractivity contribution in [2.45, 2.75) is 20.8 Å². The maximum Gasteiger partial charge on any atom is 0.337 e. The number of carbonyl (C=O) groups is 1. The summed E-state index contributed by atoms with van der Waals surface area (Å²) in [6, 6.07) is 14.6. The highest BCUT2D eigenvalue weighted by Gasteiger charge is 2.11. The van der Waals surface area contributed by atoms with Crippen LogP contribution in [0.15, 0.2) is 48.5 Å². The Morgan fingerprint density at radius 2 is 1.69 bits per heavy atom. The summed E-state index contributed by atoms with van der Waals surface area (Å²) in [4.78, 5) is 20.2. The molecule has 0 spiro atoms. The Morgan fingerprint density at radius 1 is 0.923 bits per heavy atom. The van der Waals surface area contributed by atoms with Crippen LogP contribution in [0, 0.1) is 20.8 Å². The molecule has 0 saturated carbocycles. The molecule has 0 unspecified atom stereocenters. The van der Waals surface area contributed by atoms with E-state index >= 15 is 0 Å². The lowest BCUT2D eigenvalue weighted by Gasteiger charge is -2.13. The number of rotatable bonds is 5. The lowest BCUT2D eigenvalue weighted by Crippen LogP contribution is -2.06. The van der Waals surface area contributed by atoms with Crippen LogP contribution in [0.3, 0.4) is 0 Å². The van der Waals surface area contributed by atoms with Gasteiger partial charge in [0.15, 0.2) is 0 Å². The Balaban J connectivity index is 1.90. The van der Waals surface area contributed by atoms with E-state index in [0.717, 1.165) is 16.9 Å². The van der Waals surface area contributed by atoms with Crippen molar-refractivity contribution < 1.29 is 9.90 Å². The molecule has 1 aromatic heterocycles. The largest absolute Gasteiger partial charge is 0.478 e. The Hall–Kier alpha value is -3.41. The van der Waals surface area contributed by atoms with Gasteiger partial charge in [-0.3, -0.25) is 0 Å². The van der Waals surface area contributed by atoms with Crippen molar-refractivity contribution >= 4 is 29.1 Å². The van der Waals surface area contributed by atoms with Crippen LogP contribution in [0.5, 0.6) is 0 Å². The summed E-state index contributed by atoms with van der Waals surface area (Å²) in [5.74, 6) is -0.0155. The monoisotopic (exact) mass is 348 g/mol. The molecule has 3 rings (SSSR count). The van der Waals surface area contributed by atoms with Crippen molar-refractivity contribution in [3.8, 4) is 0 Å². The summed E-state index contributed by atoms with van der Waals surface area (Å²) in [6.45, 7) is 5.93. The predicted molar refractivity (Wildman–Crippen MR) is 103 cm³/mol. The van der Waals surface area contributed by atoms with Gasteiger partial charge in [-0.25, -0.2) is 9.78 Å². The summed E-state index contributed by atoms with van der Waals surface area (Å²) in [7, 11) is 0. The maximum atomic E-state index is 11.4. The molecule has 0 aliphatic heterocycles. The van der Waals surface area contributed by atoms with Crippen LogP contribution in [0.2, 0.25) is 0 Å². The van der Waals surface area contributed by atoms with E-state index in [9.17, 15) is 9.90 Å². The highest BCUT2D eigenvalue weighted by Crippen LogP contribution is 2.23. The summed E-state index contributed by atoms with van der Waals surface area (Å²) < 4.78 is 0. The highest BCUT2D eigenvalue weighted by molar-refractivity contribution is 5.95. The van der Waals surface area contributed by atoms with Crippen molar-refractivity contribution in [3.63, 3.8) is 0 Å². The zero-order valence-corrected chi connectivity index (χ0v) is 14.9. The number of aromatic nitrogens is 2. The Labute approximate surface area is 152 Å². The molecule has 2 aromatic carbocycles. The molecule has 0 aliphatic rings. The minimum absolute atomic E-state index is 0.188. The van der Waals surface area contributed by atoms with Crippen molar-refractivity contribution in [2.24, 2.45) is 0 Å². The molecule has 0 aliphatic carbocycles. The lowest BCUT2D eigenvalue weighted by atomic mass is 10.1. The van der Waals surface area contributed by atoms with Gasteiger partial charge < -0.3 is 15.7 Å². The Kier molecular flexibility index (Phi) is 4.84. The van der Waals surface area contributed by atoms with Gasteiger partial charge in [-0.05, 0) is 44.5 Å². The number of aromatic carboxylic acids is 1. The minimum atomic E-state index is -0.993. The van der Waals surface area contributed by atoms with Crippen LogP contribution in [0.1, 0.15) is 27.2 Å². The van der Waals surface area contributed by atoms with Crippen LogP contribution >= 0.6 is 0 Å². The topological polar surface area (TPSA) is 87.1 Å². The fraction of sp³-hybridized carbons (Fsp3) is 0.150. The molecular weight excluding hydrogens is 328 g/mol. The number of carboxylic acids is 1. The van der Waals surface area contributed by atoms with E-state index in [2.05, 4.69) is 26.7 Å². The molecule has 0 fully saturated rings. The summed E-state index contributed by atoms with van der Waals surface area (Å²) in [5, 5.41) is 15.6. The molecule has 3 N–H and O–H groups in total. The van der Waals surface area contributed by atoms with Gasteiger partial charge in [-0.15, -0.1) is 0 Å². The molecule has 6 nitrogen and oxygen atoms in total.